The van der Waals surface area contributed by atoms with Crippen molar-refractivity contribution in [3.8, 4) is 0 Å². The minimum atomic E-state index is -0.145. The van der Waals surface area contributed by atoms with Gasteiger partial charge in [0.2, 0.25) is 5.91 Å². The molecule has 1 aromatic carbocycles. The number of thiophene rings is 1. The first-order valence-corrected chi connectivity index (χ1v) is 10.2. The molecule has 0 fully saturated rings. The number of benzene rings is 1. The second-order valence-electron chi connectivity index (χ2n) is 6.13. The fourth-order valence-electron chi connectivity index (χ4n) is 3.01. The lowest BCUT2D eigenvalue weighted by atomic mass is 10.0. The smallest absolute Gasteiger partial charge is 0.258 e. The summed E-state index contributed by atoms with van der Waals surface area (Å²) < 4.78 is 0.964. The molecule has 0 spiro atoms. The lowest BCUT2D eigenvalue weighted by Crippen LogP contribution is -2.17. The van der Waals surface area contributed by atoms with Crippen LogP contribution in [0.25, 0.3) is 0 Å². The molecule has 0 atom stereocenters. The number of hydrogen-bond donors (Lipinski definition) is 2. The van der Waals surface area contributed by atoms with Crippen molar-refractivity contribution in [1.29, 1.82) is 0 Å². The molecular weight excluding hydrogens is 400 g/mol. The molecule has 0 unspecified atom stereocenters. The van der Waals surface area contributed by atoms with Gasteiger partial charge in [0.25, 0.3) is 5.91 Å². The number of aryl methyl sites for hydroxylation is 1. The molecule has 3 rings (SSSR count). The van der Waals surface area contributed by atoms with Crippen molar-refractivity contribution in [3.05, 3.63) is 44.7 Å². The van der Waals surface area contributed by atoms with Crippen molar-refractivity contribution in [2.24, 2.45) is 0 Å². The molecule has 1 aliphatic carbocycles. The second kappa shape index (κ2) is 8.15. The van der Waals surface area contributed by atoms with Gasteiger partial charge in [-0.2, -0.15) is 0 Å². The third-order valence-electron chi connectivity index (χ3n) is 4.32. The van der Waals surface area contributed by atoms with Crippen molar-refractivity contribution in [3.63, 3.8) is 0 Å². The van der Waals surface area contributed by atoms with Crippen LogP contribution in [0.15, 0.2) is 28.7 Å². The van der Waals surface area contributed by atoms with Gasteiger partial charge < -0.3 is 10.6 Å². The number of carbonyl (C=O) groups is 2. The Bertz CT molecular complexity index is 783. The largest absolute Gasteiger partial charge is 0.322 e. The summed E-state index contributed by atoms with van der Waals surface area (Å²) >= 11 is 4.96. The Morgan fingerprint density at radius 2 is 1.80 bits per heavy atom. The highest BCUT2D eigenvalue weighted by Gasteiger charge is 2.25. The summed E-state index contributed by atoms with van der Waals surface area (Å²) in [6.45, 7) is 1.81. The van der Waals surface area contributed by atoms with E-state index in [9.17, 15) is 9.59 Å². The van der Waals surface area contributed by atoms with Crippen molar-refractivity contribution in [1.82, 2.24) is 0 Å². The Hall–Kier alpha value is -1.66. The van der Waals surface area contributed by atoms with Gasteiger partial charge in [0.1, 0.15) is 5.00 Å². The van der Waals surface area contributed by atoms with E-state index >= 15 is 0 Å². The summed E-state index contributed by atoms with van der Waals surface area (Å²) in [5, 5.41) is 6.58. The number of carbonyl (C=O) groups excluding carboxylic acids is 2. The average Bonchev–Trinajstić information content (AvgIpc) is 2.77. The highest BCUT2D eigenvalue weighted by molar-refractivity contribution is 9.10. The Balaban J connectivity index is 1.93. The van der Waals surface area contributed by atoms with Crippen LogP contribution < -0.4 is 10.6 Å². The SMILES string of the molecule is CCC(=O)Nc1sc2c(c1C(=O)Nc1ccc(Br)cc1)CCCCC2. The maximum absolute atomic E-state index is 13.0. The maximum Gasteiger partial charge on any atom is 0.258 e. The van der Waals surface area contributed by atoms with Crippen molar-refractivity contribution in [2.75, 3.05) is 10.6 Å². The molecule has 4 nitrogen and oxygen atoms in total. The minimum absolute atomic E-state index is 0.0610. The molecule has 132 valence electrons. The van der Waals surface area contributed by atoms with Crippen LogP contribution in [-0.2, 0) is 17.6 Å². The van der Waals surface area contributed by atoms with Gasteiger partial charge in [0.05, 0.1) is 5.56 Å². The molecule has 25 heavy (non-hydrogen) atoms. The van der Waals surface area contributed by atoms with Crippen molar-refractivity contribution >= 4 is 49.8 Å². The van der Waals surface area contributed by atoms with Gasteiger partial charge in [-0.1, -0.05) is 29.3 Å². The first-order valence-electron chi connectivity index (χ1n) is 8.59. The van der Waals surface area contributed by atoms with Gasteiger partial charge in [-0.25, -0.2) is 0 Å². The van der Waals surface area contributed by atoms with E-state index in [2.05, 4.69) is 26.6 Å². The lowest BCUT2D eigenvalue weighted by molar-refractivity contribution is -0.115. The van der Waals surface area contributed by atoms with Gasteiger partial charge in [-0.05, 0) is 55.5 Å². The van der Waals surface area contributed by atoms with E-state index in [4.69, 9.17) is 0 Å². The third kappa shape index (κ3) is 4.30. The lowest BCUT2D eigenvalue weighted by Gasteiger charge is -2.10. The van der Waals surface area contributed by atoms with E-state index in [0.717, 1.165) is 41.4 Å². The number of amides is 2. The number of halogens is 1. The van der Waals surface area contributed by atoms with Crippen LogP contribution >= 0.6 is 27.3 Å². The average molecular weight is 421 g/mol. The van der Waals surface area contributed by atoms with Crippen LogP contribution in [0.1, 0.15) is 53.4 Å². The zero-order valence-electron chi connectivity index (χ0n) is 14.2. The summed E-state index contributed by atoms with van der Waals surface area (Å²) in [5.74, 6) is -0.206. The van der Waals surface area contributed by atoms with Crippen LogP contribution in [0.3, 0.4) is 0 Å². The van der Waals surface area contributed by atoms with Crippen LogP contribution in [0, 0.1) is 0 Å². The van der Waals surface area contributed by atoms with E-state index in [-0.39, 0.29) is 11.8 Å². The standard InChI is InChI=1S/C19H21BrN2O2S/c1-2-16(23)22-19-17(14-6-4-3-5-7-15(14)25-19)18(24)21-13-10-8-12(20)9-11-13/h8-11H,2-7H2,1H3,(H,21,24)(H,22,23). The van der Waals surface area contributed by atoms with E-state index in [1.165, 1.54) is 11.3 Å². The molecule has 0 saturated heterocycles. The van der Waals surface area contributed by atoms with E-state index in [1.807, 2.05) is 31.2 Å². The van der Waals surface area contributed by atoms with Crippen LogP contribution in [0.2, 0.25) is 0 Å². The van der Waals surface area contributed by atoms with Crippen LogP contribution in [0.4, 0.5) is 10.7 Å². The quantitative estimate of drug-likeness (QED) is 0.652. The topological polar surface area (TPSA) is 58.2 Å². The van der Waals surface area contributed by atoms with E-state index < -0.39 is 0 Å². The van der Waals surface area contributed by atoms with Crippen molar-refractivity contribution in [2.45, 2.75) is 45.4 Å². The van der Waals surface area contributed by atoms with E-state index in [0.29, 0.717) is 17.0 Å². The molecule has 0 saturated carbocycles. The zero-order valence-corrected chi connectivity index (χ0v) is 16.6. The molecule has 2 N–H and O–H groups in total. The van der Waals surface area contributed by atoms with E-state index in [1.54, 1.807) is 11.3 Å². The van der Waals surface area contributed by atoms with Gasteiger partial charge in [0, 0.05) is 21.5 Å². The monoisotopic (exact) mass is 420 g/mol. The molecule has 2 amide bonds. The predicted molar refractivity (Wildman–Crippen MR) is 107 cm³/mol. The highest BCUT2D eigenvalue weighted by Crippen LogP contribution is 2.38. The van der Waals surface area contributed by atoms with Gasteiger partial charge >= 0.3 is 0 Å². The first kappa shape index (κ1) is 18.1. The van der Waals surface area contributed by atoms with Gasteiger partial charge in [-0.3, -0.25) is 9.59 Å². The second-order valence-corrected chi connectivity index (χ2v) is 8.15. The highest BCUT2D eigenvalue weighted by atomic mass is 79.9. The fourth-order valence-corrected chi connectivity index (χ4v) is 4.58. The van der Waals surface area contributed by atoms with Gasteiger partial charge in [0.15, 0.2) is 0 Å². The number of hydrogen-bond acceptors (Lipinski definition) is 3. The maximum atomic E-state index is 13.0. The Morgan fingerprint density at radius 3 is 2.52 bits per heavy atom. The zero-order chi connectivity index (χ0) is 17.8. The molecule has 1 heterocycles. The Morgan fingerprint density at radius 1 is 1.08 bits per heavy atom. The molecule has 1 aromatic heterocycles. The molecule has 1 aliphatic rings. The number of fused-ring (bicyclic) bond motifs is 1. The minimum Gasteiger partial charge on any atom is -0.322 e. The van der Waals surface area contributed by atoms with Gasteiger partial charge in [-0.15, -0.1) is 11.3 Å². The molecule has 2 aromatic rings. The normalized spacial score (nSPS) is 13.7. The summed E-state index contributed by atoms with van der Waals surface area (Å²) in [6.07, 6.45) is 5.70. The molecular formula is C19H21BrN2O2S. The first-order chi connectivity index (χ1) is 12.1. The summed E-state index contributed by atoms with van der Waals surface area (Å²) in [5.41, 5.74) is 2.50. The molecule has 0 radical (unpaired) electrons. The number of nitrogens with one attached hydrogen (secondary N) is 2. The summed E-state index contributed by atoms with van der Waals surface area (Å²) in [7, 11) is 0. The molecule has 0 bridgehead atoms. The van der Waals surface area contributed by atoms with Crippen LogP contribution in [-0.4, -0.2) is 11.8 Å². The Labute approximate surface area is 160 Å². The molecule has 0 aliphatic heterocycles. The molecule has 6 heteroatoms. The summed E-state index contributed by atoms with van der Waals surface area (Å²) in [6, 6.07) is 7.50. The third-order valence-corrected chi connectivity index (χ3v) is 6.06. The number of anilines is 2. The van der Waals surface area contributed by atoms with Crippen molar-refractivity contribution < 1.29 is 9.59 Å². The van der Waals surface area contributed by atoms with Crippen LogP contribution in [0.5, 0.6) is 0 Å². The fraction of sp³-hybridized carbons (Fsp3) is 0.368. The summed E-state index contributed by atoms with van der Waals surface area (Å²) in [4.78, 5) is 26.1. The predicted octanol–water partition coefficient (Wildman–Crippen LogP) is 5.38. The Kier molecular flexibility index (Phi) is 5.91. The number of rotatable bonds is 4.